The predicted octanol–water partition coefficient (Wildman–Crippen LogP) is 5.70. The van der Waals surface area contributed by atoms with E-state index in [2.05, 4.69) is 16.6 Å². The van der Waals surface area contributed by atoms with Crippen LogP contribution in [0.4, 0.5) is 0 Å². The fourth-order valence-electron chi connectivity index (χ4n) is 3.28. The number of fused-ring (bicyclic) bond motifs is 1. The van der Waals surface area contributed by atoms with E-state index in [-0.39, 0.29) is 12.4 Å². The van der Waals surface area contributed by atoms with Crippen molar-refractivity contribution in [3.8, 4) is 17.6 Å². The van der Waals surface area contributed by atoms with Gasteiger partial charge in [-0.25, -0.2) is 5.43 Å². The molecule has 0 saturated heterocycles. The van der Waals surface area contributed by atoms with Gasteiger partial charge in [-0.1, -0.05) is 48.0 Å². The van der Waals surface area contributed by atoms with Crippen molar-refractivity contribution in [2.75, 3.05) is 6.61 Å². The first-order valence-electron chi connectivity index (χ1n) is 10.5. The van der Waals surface area contributed by atoms with Crippen molar-refractivity contribution in [2.45, 2.75) is 13.5 Å². The molecule has 0 atom stereocenters. The Hall–Kier alpha value is -4.28. The Morgan fingerprint density at radius 2 is 1.94 bits per heavy atom. The second kappa shape index (κ2) is 10.6. The number of amides is 1. The first-order valence-corrected chi connectivity index (χ1v) is 10.9. The molecule has 0 spiro atoms. The van der Waals surface area contributed by atoms with Gasteiger partial charge in [0.25, 0.3) is 0 Å². The number of halogens is 1. The van der Waals surface area contributed by atoms with Crippen LogP contribution in [-0.4, -0.2) is 18.7 Å². The fourth-order valence-corrected chi connectivity index (χ4v) is 3.56. The SMILES string of the molecule is CCOc1cc(/C=N/NC(=O)c2cc3ccccc3o2)cc(Cl)c1OCc1ccccc1C#N. The second-order valence-electron chi connectivity index (χ2n) is 7.17. The summed E-state index contributed by atoms with van der Waals surface area (Å²) in [7, 11) is 0. The maximum absolute atomic E-state index is 12.4. The summed E-state index contributed by atoms with van der Waals surface area (Å²) < 4.78 is 17.1. The molecule has 7 nitrogen and oxygen atoms in total. The molecule has 3 aromatic carbocycles. The molecule has 0 bridgehead atoms. The summed E-state index contributed by atoms with van der Waals surface area (Å²) in [4.78, 5) is 12.4. The molecule has 1 amide bonds. The molecule has 1 aromatic heterocycles. The third kappa shape index (κ3) is 5.20. The first kappa shape index (κ1) is 22.9. The summed E-state index contributed by atoms with van der Waals surface area (Å²) in [6.07, 6.45) is 1.45. The predicted molar refractivity (Wildman–Crippen MR) is 129 cm³/mol. The number of rotatable bonds is 8. The number of hydrogen-bond acceptors (Lipinski definition) is 6. The molecular formula is C26H20ClN3O4. The normalized spacial score (nSPS) is 10.9. The highest BCUT2D eigenvalue weighted by Crippen LogP contribution is 2.37. The van der Waals surface area contributed by atoms with E-state index in [0.29, 0.717) is 39.8 Å². The Morgan fingerprint density at radius 3 is 2.74 bits per heavy atom. The zero-order chi connectivity index (χ0) is 23.9. The smallest absolute Gasteiger partial charge is 0.307 e. The molecule has 0 aliphatic carbocycles. The van der Waals surface area contributed by atoms with Crippen LogP contribution in [0.2, 0.25) is 5.02 Å². The van der Waals surface area contributed by atoms with Crippen LogP contribution in [0.1, 0.15) is 34.2 Å². The summed E-state index contributed by atoms with van der Waals surface area (Å²) in [5, 5.41) is 14.4. The summed E-state index contributed by atoms with van der Waals surface area (Å²) in [5.74, 6) is 0.474. The van der Waals surface area contributed by atoms with Crippen LogP contribution in [0.15, 0.2) is 76.2 Å². The number of nitriles is 1. The third-order valence-electron chi connectivity index (χ3n) is 4.87. The zero-order valence-corrected chi connectivity index (χ0v) is 19.0. The van der Waals surface area contributed by atoms with Gasteiger partial charge in [-0.15, -0.1) is 0 Å². The monoisotopic (exact) mass is 473 g/mol. The van der Waals surface area contributed by atoms with Crippen LogP contribution >= 0.6 is 11.6 Å². The van der Waals surface area contributed by atoms with Gasteiger partial charge in [0.2, 0.25) is 0 Å². The minimum Gasteiger partial charge on any atom is -0.490 e. The average molecular weight is 474 g/mol. The van der Waals surface area contributed by atoms with Gasteiger partial charge in [0.15, 0.2) is 17.3 Å². The van der Waals surface area contributed by atoms with Crippen LogP contribution in [0, 0.1) is 11.3 Å². The lowest BCUT2D eigenvalue weighted by Crippen LogP contribution is -2.16. The van der Waals surface area contributed by atoms with Crippen LogP contribution < -0.4 is 14.9 Å². The van der Waals surface area contributed by atoms with Crippen molar-refractivity contribution in [1.82, 2.24) is 5.43 Å². The Bertz CT molecular complexity index is 1370. The quantitative estimate of drug-likeness (QED) is 0.261. The number of hydrogen-bond donors (Lipinski definition) is 1. The zero-order valence-electron chi connectivity index (χ0n) is 18.2. The number of ether oxygens (including phenoxy) is 2. The molecule has 34 heavy (non-hydrogen) atoms. The molecule has 8 heteroatoms. The van der Waals surface area contributed by atoms with Crippen molar-refractivity contribution in [2.24, 2.45) is 5.10 Å². The first-order chi connectivity index (χ1) is 16.6. The molecule has 0 radical (unpaired) electrons. The summed E-state index contributed by atoms with van der Waals surface area (Å²) >= 11 is 6.46. The standard InChI is InChI=1S/C26H20ClN3O4/c1-2-32-23-12-17(11-21(27)25(23)33-16-20-9-4-3-8-19(20)14-28)15-29-30-26(31)24-13-18-7-5-6-10-22(18)34-24/h3-13,15H,2,16H2,1H3,(H,30,31)/b29-15+. The molecule has 4 rings (SSSR count). The molecule has 0 saturated carbocycles. The molecule has 0 unspecified atom stereocenters. The number of nitrogens with one attached hydrogen (secondary N) is 1. The van der Waals surface area contributed by atoms with Crippen LogP contribution in [-0.2, 0) is 6.61 Å². The maximum Gasteiger partial charge on any atom is 0.307 e. The second-order valence-corrected chi connectivity index (χ2v) is 7.58. The lowest BCUT2D eigenvalue weighted by atomic mass is 10.1. The molecule has 170 valence electrons. The molecular weight excluding hydrogens is 454 g/mol. The topological polar surface area (TPSA) is 96.8 Å². The number of nitrogens with zero attached hydrogens (tertiary/aromatic N) is 2. The van der Waals surface area contributed by atoms with Gasteiger partial charge in [-0.05, 0) is 42.8 Å². The van der Waals surface area contributed by atoms with Crippen molar-refractivity contribution in [3.05, 3.63) is 94.2 Å². The average Bonchev–Trinajstić information content (AvgIpc) is 3.28. The van der Waals surface area contributed by atoms with Crippen LogP contribution in [0.3, 0.4) is 0 Å². The number of carbonyl (C=O) groups excluding carboxylic acids is 1. The lowest BCUT2D eigenvalue weighted by molar-refractivity contribution is 0.0929. The summed E-state index contributed by atoms with van der Waals surface area (Å²) in [6.45, 7) is 2.40. The summed E-state index contributed by atoms with van der Waals surface area (Å²) in [6, 6.07) is 21.7. The van der Waals surface area contributed by atoms with E-state index in [1.807, 2.05) is 37.3 Å². The maximum atomic E-state index is 12.4. The number of carbonyl (C=O) groups is 1. The van der Waals surface area contributed by atoms with Gasteiger partial charge in [0.05, 0.1) is 29.5 Å². The van der Waals surface area contributed by atoms with Crippen molar-refractivity contribution >= 4 is 34.7 Å². The summed E-state index contributed by atoms with van der Waals surface area (Å²) in [5.41, 5.74) is 4.93. The van der Waals surface area contributed by atoms with Gasteiger partial charge in [-0.3, -0.25) is 4.79 Å². The van der Waals surface area contributed by atoms with Crippen molar-refractivity contribution in [1.29, 1.82) is 5.26 Å². The molecule has 0 fully saturated rings. The minimum absolute atomic E-state index is 0.157. The van der Waals surface area contributed by atoms with Crippen molar-refractivity contribution in [3.63, 3.8) is 0 Å². The number of benzene rings is 3. The Morgan fingerprint density at radius 1 is 1.15 bits per heavy atom. The minimum atomic E-state index is -0.473. The van der Waals surface area contributed by atoms with Gasteiger partial charge in [0.1, 0.15) is 12.2 Å². The highest BCUT2D eigenvalue weighted by atomic mass is 35.5. The number of para-hydroxylation sites is 1. The number of furan rings is 1. The van der Waals surface area contributed by atoms with Gasteiger partial charge in [0, 0.05) is 10.9 Å². The number of hydrazone groups is 1. The Balaban J connectivity index is 1.48. The molecule has 0 aliphatic heterocycles. The van der Waals surface area contributed by atoms with E-state index in [1.165, 1.54) is 6.21 Å². The van der Waals surface area contributed by atoms with Gasteiger partial charge in [-0.2, -0.15) is 10.4 Å². The molecule has 1 N–H and O–H groups in total. The largest absolute Gasteiger partial charge is 0.490 e. The fraction of sp³-hybridized carbons (Fsp3) is 0.115. The molecule has 4 aromatic rings. The Kier molecular flexibility index (Phi) is 7.11. The van der Waals surface area contributed by atoms with Gasteiger partial charge >= 0.3 is 5.91 Å². The van der Waals surface area contributed by atoms with E-state index < -0.39 is 5.91 Å². The molecule has 0 aliphatic rings. The van der Waals surface area contributed by atoms with Crippen molar-refractivity contribution < 1.29 is 18.7 Å². The van der Waals surface area contributed by atoms with E-state index in [1.54, 1.807) is 36.4 Å². The van der Waals surface area contributed by atoms with E-state index in [0.717, 1.165) is 10.9 Å². The lowest BCUT2D eigenvalue weighted by Gasteiger charge is -2.15. The third-order valence-corrected chi connectivity index (χ3v) is 5.15. The van der Waals surface area contributed by atoms with E-state index in [4.69, 9.17) is 25.5 Å². The molecule has 1 heterocycles. The highest BCUT2D eigenvalue weighted by molar-refractivity contribution is 6.32. The highest BCUT2D eigenvalue weighted by Gasteiger charge is 2.14. The van der Waals surface area contributed by atoms with E-state index in [9.17, 15) is 10.1 Å². The van der Waals surface area contributed by atoms with Crippen LogP contribution in [0.5, 0.6) is 11.5 Å². The Labute approximate surface area is 201 Å². The van der Waals surface area contributed by atoms with E-state index >= 15 is 0 Å². The van der Waals surface area contributed by atoms with Gasteiger partial charge < -0.3 is 13.9 Å². The van der Waals surface area contributed by atoms with Crippen LogP contribution in [0.25, 0.3) is 11.0 Å².